The lowest BCUT2D eigenvalue weighted by molar-refractivity contribution is -0.122. The van der Waals surface area contributed by atoms with Gasteiger partial charge in [0.2, 0.25) is 0 Å². The molecule has 3 nitrogen and oxygen atoms in total. The molecule has 0 aliphatic rings. The van der Waals surface area contributed by atoms with Crippen LogP contribution >= 0.6 is 0 Å². The van der Waals surface area contributed by atoms with E-state index in [0.29, 0.717) is 6.42 Å². The van der Waals surface area contributed by atoms with Gasteiger partial charge in [-0.25, -0.2) is 0 Å². The maximum Gasteiger partial charge on any atom is 0.265 e. The molecule has 0 aliphatic heterocycles. The van der Waals surface area contributed by atoms with Crippen molar-refractivity contribution in [1.29, 1.82) is 0 Å². The first-order valence-corrected chi connectivity index (χ1v) is 8.03. The van der Waals surface area contributed by atoms with Crippen molar-refractivity contribution < 1.29 is 9.53 Å². The first-order valence-electron chi connectivity index (χ1n) is 8.03. The summed E-state index contributed by atoms with van der Waals surface area (Å²) in [6.07, 6.45) is 0.112. The van der Waals surface area contributed by atoms with Gasteiger partial charge in [0.25, 0.3) is 5.91 Å². The van der Waals surface area contributed by atoms with E-state index >= 15 is 0 Å². The summed E-state index contributed by atoms with van der Waals surface area (Å²) < 4.78 is 5.94. The maximum atomic E-state index is 12.6. The lowest BCUT2D eigenvalue weighted by Crippen LogP contribution is -2.32. The van der Waals surface area contributed by atoms with Crippen molar-refractivity contribution in [3.05, 3.63) is 58.7 Å². The number of anilines is 1. The Kier molecular flexibility index (Phi) is 5.43. The van der Waals surface area contributed by atoms with E-state index in [4.69, 9.17) is 4.74 Å². The lowest BCUT2D eigenvalue weighted by atomic mass is 10.1. The van der Waals surface area contributed by atoms with Crippen molar-refractivity contribution in [3.8, 4) is 5.75 Å². The Morgan fingerprint density at radius 1 is 1.09 bits per heavy atom. The highest BCUT2D eigenvalue weighted by molar-refractivity contribution is 5.95. The van der Waals surface area contributed by atoms with Crippen molar-refractivity contribution in [1.82, 2.24) is 0 Å². The molecule has 0 saturated carbocycles. The van der Waals surface area contributed by atoms with Crippen LogP contribution in [0.2, 0.25) is 0 Å². The van der Waals surface area contributed by atoms with Gasteiger partial charge in [0.1, 0.15) is 5.75 Å². The fraction of sp³-hybridized carbons (Fsp3) is 0.350. The number of ether oxygens (including phenoxy) is 1. The Labute approximate surface area is 138 Å². The van der Waals surface area contributed by atoms with Crippen LogP contribution in [-0.4, -0.2) is 12.0 Å². The van der Waals surface area contributed by atoms with E-state index in [0.717, 1.165) is 28.1 Å². The van der Waals surface area contributed by atoms with E-state index in [1.54, 1.807) is 0 Å². The van der Waals surface area contributed by atoms with Crippen molar-refractivity contribution in [2.24, 2.45) is 0 Å². The summed E-state index contributed by atoms with van der Waals surface area (Å²) in [5.74, 6) is 0.653. The van der Waals surface area contributed by atoms with Gasteiger partial charge in [-0.15, -0.1) is 0 Å². The molecule has 0 heterocycles. The standard InChI is InChI=1S/C20H25NO2/c1-6-18(23-19-11-10-13(2)12-15(19)4)20(22)21-17-9-7-8-14(3)16(17)5/h7-12,18H,6H2,1-5H3,(H,21,22). The molecule has 0 radical (unpaired) electrons. The average molecular weight is 311 g/mol. The highest BCUT2D eigenvalue weighted by Crippen LogP contribution is 2.22. The SMILES string of the molecule is CCC(Oc1ccc(C)cc1C)C(=O)Nc1cccc(C)c1C. The third-order valence-electron chi connectivity index (χ3n) is 4.13. The second kappa shape index (κ2) is 7.32. The summed E-state index contributed by atoms with van der Waals surface area (Å²) >= 11 is 0. The van der Waals surface area contributed by atoms with Crippen LogP contribution in [0.25, 0.3) is 0 Å². The molecule has 23 heavy (non-hydrogen) atoms. The Balaban J connectivity index is 2.14. The first-order chi connectivity index (χ1) is 10.9. The Hall–Kier alpha value is -2.29. The number of carbonyl (C=O) groups is 1. The molecule has 0 saturated heterocycles. The fourth-order valence-corrected chi connectivity index (χ4v) is 2.51. The van der Waals surface area contributed by atoms with Crippen LogP contribution in [0, 0.1) is 27.7 Å². The van der Waals surface area contributed by atoms with Crippen LogP contribution in [0.1, 0.15) is 35.6 Å². The molecule has 1 unspecified atom stereocenters. The molecule has 1 atom stereocenters. The molecule has 2 rings (SSSR count). The average Bonchev–Trinajstić information content (AvgIpc) is 2.51. The lowest BCUT2D eigenvalue weighted by Gasteiger charge is -2.20. The smallest absolute Gasteiger partial charge is 0.265 e. The number of nitrogens with one attached hydrogen (secondary N) is 1. The zero-order chi connectivity index (χ0) is 17.0. The zero-order valence-electron chi connectivity index (χ0n) is 14.6. The van der Waals surface area contributed by atoms with Crippen LogP contribution in [0.4, 0.5) is 5.69 Å². The van der Waals surface area contributed by atoms with Gasteiger partial charge in [-0.05, 0) is 62.9 Å². The first kappa shape index (κ1) is 17.1. The topological polar surface area (TPSA) is 38.3 Å². The third kappa shape index (κ3) is 4.13. The van der Waals surface area contributed by atoms with Gasteiger partial charge < -0.3 is 10.1 Å². The molecular formula is C20H25NO2. The quantitative estimate of drug-likeness (QED) is 0.868. The minimum absolute atomic E-state index is 0.110. The Bertz CT molecular complexity index is 707. The Morgan fingerprint density at radius 2 is 1.83 bits per heavy atom. The van der Waals surface area contributed by atoms with Crippen LogP contribution < -0.4 is 10.1 Å². The van der Waals surface area contributed by atoms with E-state index in [9.17, 15) is 4.79 Å². The normalized spacial score (nSPS) is 11.9. The highest BCUT2D eigenvalue weighted by Gasteiger charge is 2.20. The molecule has 0 spiro atoms. The summed E-state index contributed by atoms with van der Waals surface area (Å²) in [4.78, 5) is 12.6. The molecule has 0 fully saturated rings. The van der Waals surface area contributed by atoms with E-state index in [1.807, 2.05) is 65.0 Å². The molecule has 2 aromatic carbocycles. The van der Waals surface area contributed by atoms with Crippen molar-refractivity contribution in [2.75, 3.05) is 5.32 Å². The predicted octanol–water partition coefficient (Wildman–Crippen LogP) is 4.72. The number of rotatable bonds is 5. The van der Waals surface area contributed by atoms with Crippen molar-refractivity contribution in [3.63, 3.8) is 0 Å². The maximum absolute atomic E-state index is 12.6. The van der Waals surface area contributed by atoms with Crippen LogP contribution in [-0.2, 0) is 4.79 Å². The third-order valence-corrected chi connectivity index (χ3v) is 4.13. The molecular weight excluding hydrogens is 286 g/mol. The van der Waals surface area contributed by atoms with E-state index in [2.05, 4.69) is 11.4 Å². The van der Waals surface area contributed by atoms with E-state index in [-0.39, 0.29) is 5.91 Å². The monoisotopic (exact) mass is 311 g/mol. The number of benzene rings is 2. The van der Waals surface area contributed by atoms with Crippen LogP contribution in [0.3, 0.4) is 0 Å². The van der Waals surface area contributed by atoms with Crippen LogP contribution in [0.15, 0.2) is 36.4 Å². The number of aryl methyl sites for hydroxylation is 3. The molecule has 3 heteroatoms. The van der Waals surface area contributed by atoms with Gasteiger partial charge in [-0.1, -0.05) is 36.8 Å². The second-order valence-electron chi connectivity index (χ2n) is 6.02. The summed E-state index contributed by atoms with van der Waals surface area (Å²) in [5.41, 5.74) is 5.32. The second-order valence-corrected chi connectivity index (χ2v) is 6.02. The van der Waals surface area contributed by atoms with E-state index < -0.39 is 6.10 Å². The largest absolute Gasteiger partial charge is 0.480 e. The molecule has 0 aromatic heterocycles. The van der Waals surface area contributed by atoms with Gasteiger partial charge in [-0.2, -0.15) is 0 Å². The summed E-state index contributed by atoms with van der Waals surface area (Å²) in [7, 11) is 0. The molecule has 1 N–H and O–H groups in total. The zero-order valence-corrected chi connectivity index (χ0v) is 14.6. The number of hydrogen-bond acceptors (Lipinski definition) is 2. The molecule has 1 amide bonds. The summed E-state index contributed by atoms with van der Waals surface area (Å²) in [6, 6.07) is 11.9. The minimum Gasteiger partial charge on any atom is -0.480 e. The summed E-state index contributed by atoms with van der Waals surface area (Å²) in [6.45, 7) is 10.0. The van der Waals surface area contributed by atoms with E-state index in [1.165, 1.54) is 5.56 Å². The minimum atomic E-state index is -0.503. The molecule has 0 aliphatic carbocycles. The molecule has 0 bridgehead atoms. The Morgan fingerprint density at radius 3 is 2.48 bits per heavy atom. The van der Waals surface area contributed by atoms with Gasteiger partial charge in [0.15, 0.2) is 6.10 Å². The number of carbonyl (C=O) groups excluding carboxylic acids is 1. The summed E-state index contributed by atoms with van der Waals surface area (Å²) in [5, 5.41) is 2.99. The predicted molar refractivity (Wildman–Crippen MR) is 95.2 cm³/mol. The van der Waals surface area contributed by atoms with Crippen molar-refractivity contribution >= 4 is 11.6 Å². The van der Waals surface area contributed by atoms with Gasteiger partial charge in [0.05, 0.1) is 0 Å². The van der Waals surface area contributed by atoms with Gasteiger partial charge in [-0.3, -0.25) is 4.79 Å². The van der Waals surface area contributed by atoms with Crippen molar-refractivity contribution in [2.45, 2.75) is 47.1 Å². The molecule has 2 aromatic rings. The number of amides is 1. The fourth-order valence-electron chi connectivity index (χ4n) is 2.51. The highest BCUT2D eigenvalue weighted by atomic mass is 16.5. The van der Waals surface area contributed by atoms with Gasteiger partial charge in [0, 0.05) is 5.69 Å². The van der Waals surface area contributed by atoms with Gasteiger partial charge >= 0.3 is 0 Å². The number of hydrogen-bond donors (Lipinski definition) is 1. The molecule has 122 valence electrons. The van der Waals surface area contributed by atoms with Crippen LogP contribution in [0.5, 0.6) is 5.75 Å².